The van der Waals surface area contributed by atoms with Crippen LogP contribution in [0.4, 0.5) is 4.79 Å². The lowest BCUT2D eigenvalue weighted by molar-refractivity contribution is -0.125. The molecule has 0 aliphatic carbocycles. The first-order chi connectivity index (χ1) is 10.5. The Morgan fingerprint density at radius 1 is 1.41 bits per heavy atom. The number of imide groups is 1. The number of amides is 3. The maximum Gasteiger partial charge on any atom is 0.340 e. The molecular formula is C14H21N5O3. The maximum absolute atomic E-state index is 12.0. The molecular weight excluding hydrogens is 286 g/mol. The Balaban J connectivity index is 1.79. The highest BCUT2D eigenvalue weighted by molar-refractivity contribution is 5.95. The minimum atomic E-state index is -0.511. The van der Waals surface area contributed by atoms with Gasteiger partial charge in [-0.25, -0.2) is 10.2 Å². The first-order valence-corrected chi connectivity index (χ1v) is 7.03. The number of rotatable bonds is 5. The third-order valence-corrected chi connectivity index (χ3v) is 3.13. The van der Waals surface area contributed by atoms with Crippen molar-refractivity contribution in [1.29, 1.82) is 0 Å². The van der Waals surface area contributed by atoms with E-state index in [1.165, 1.54) is 5.12 Å². The Morgan fingerprint density at radius 2 is 2.09 bits per heavy atom. The molecule has 0 saturated carbocycles. The van der Waals surface area contributed by atoms with Gasteiger partial charge in [-0.15, -0.1) is 5.53 Å². The molecule has 0 radical (unpaired) electrons. The molecule has 1 fully saturated rings. The number of hydrogen-bond donors (Lipinski definition) is 3. The quantitative estimate of drug-likeness (QED) is 0.719. The summed E-state index contributed by atoms with van der Waals surface area (Å²) in [5.74, 6) is 0.405. The van der Waals surface area contributed by atoms with Gasteiger partial charge in [0.2, 0.25) is 0 Å². The van der Waals surface area contributed by atoms with Crippen LogP contribution < -0.4 is 21.0 Å². The summed E-state index contributed by atoms with van der Waals surface area (Å²) in [5.41, 5.74) is 6.52. The second-order valence-electron chi connectivity index (χ2n) is 5.11. The van der Waals surface area contributed by atoms with Crippen molar-refractivity contribution in [3.63, 3.8) is 0 Å². The van der Waals surface area contributed by atoms with Gasteiger partial charge in [-0.05, 0) is 26.0 Å². The molecule has 0 spiro atoms. The first kappa shape index (κ1) is 16.2. The van der Waals surface area contributed by atoms with E-state index in [1.807, 2.05) is 38.1 Å². The molecule has 8 nitrogen and oxygen atoms in total. The molecule has 120 valence electrons. The van der Waals surface area contributed by atoms with Gasteiger partial charge in [0, 0.05) is 7.05 Å². The van der Waals surface area contributed by atoms with E-state index < -0.39 is 6.03 Å². The fraction of sp³-hybridized carbons (Fsp3) is 0.429. The highest BCUT2D eigenvalue weighted by Gasteiger charge is 2.32. The smallest absolute Gasteiger partial charge is 0.340 e. The summed E-state index contributed by atoms with van der Waals surface area (Å²) in [4.78, 5) is 23.7. The molecule has 2 rings (SSSR count). The summed E-state index contributed by atoms with van der Waals surface area (Å²) in [7, 11) is 1.65. The van der Waals surface area contributed by atoms with Gasteiger partial charge in [0.1, 0.15) is 18.9 Å². The summed E-state index contributed by atoms with van der Waals surface area (Å²) in [6.07, 6.45) is 0. The molecule has 1 aromatic rings. The number of urea groups is 1. The van der Waals surface area contributed by atoms with Crippen LogP contribution in [0.1, 0.15) is 12.5 Å². The van der Waals surface area contributed by atoms with E-state index in [-0.39, 0.29) is 18.5 Å². The minimum absolute atomic E-state index is 0.0815. The van der Waals surface area contributed by atoms with Gasteiger partial charge in [0.15, 0.2) is 0 Å². The predicted molar refractivity (Wildman–Crippen MR) is 80.4 cm³/mol. The number of carbonyl (C=O) groups is 2. The molecule has 1 unspecified atom stereocenters. The van der Waals surface area contributed by atoms with E-state index in [4.69, 9.17) is 4.74 Å². The zero-order chi connectivity index (χ0) is 16.1. The Bertz CT molecular complexity index is 534. The van der Waals surface area contributed by atoms with Crippen molar-refractivity contribution in [2.75, 3.05) is 20.2 Å². The summed E-state index contributed by atoms with van der Waals surface area (Å²) in [6.45, 7) is 4.20. The number of aryl methyl sites for hydroxylation is 1. The fourth-order valence-corrected chi connectivity index (χ4v) is 1.88. The lowest BCUT2D eigenvalue weighted by Crippen LogP contribution is -2.53. The largest absolute Gasteiger partial charge is 0.491 e. The number of nitrogens with one attached hydrogen (secondary N) is 3. The van der Waals surface area contributed by atoms with Gasteiger partial charge >= 0.3 is 6.03 Å². The molecule has 1 aromatic carbocycles. The standard InChI is InChI=1S/C14H21N5O3/c1-10-4-6-12(7-5-10)22-9-11(2)16-14(21)19-13(20)8-18(15-3)17-19/h4-7,11,15,17H,8-9H2,1-3H3,(H,16,21). The maximum atomic E-state index is 12.0. The van der Waals surface area contributed by atoms with Gasteiger partial charge in [0.25, 0.3) is 5.91 Å². The van der Waals surface area contributed by atoms with Crippen molar-refractivity contribution in [2.45, 2.75) is 19.9 Å². The first-order valence-electron chi connectivity index (χ1n) is 7.03. The van der Waals surface area contributed by atoms with Crippen molar-refractivity contribution in [3.8, 4) is 5.75 Å². The molecule has 1 atom stereocenters. The zero-order valence-electron chi connectivity index (χ0n) is 12.9. The van der Waals surface area contributed by atoms with Crippen molar-refractivity contribution in [3.05, 3.63) is 29.8 Å². The molecule has 1 heterocycles. The van der Waals surface area contributed by atoms with Crippen molar-refractivity contribution < 1.29 is 14.3 Å². The highest BCUT2D eigenvalue weighted by atomic mass is 16.5. The molecule has 0 aromatic heterocycles. The van der Waals surface area contributed by atoms with Crippen LogP contribution in [0.2, 0.25) is 0 Å². The molecule has 1 aliphatic rings. The van der Waals surface area contributed by atoms with Gasteiger partial charge in [0.05, 0.1) is 6.04 Å². The Kier molecular flexibility index (Phi) is 5.31. The molecule has 3 N–H and O–H groups in total. The average molecular weight is 307 g/mol. The number of nitrogens with zero attached hydrogens (tertiary/aromatic N) is 2. The van der Waals surface area contributed by atoms with Crippen LogP contribution in [0.15, 0.2) is 24.3 Å². The van der Waals surface area contributed by atoms with Crippen molar-refractivity contribution in [2.24, 2.45) is 0 Å². The van der Waals surface area contributed by atoms with Crippen LogP contribution in [0.25, 0.3) is 0 Å². The van der Waals surface area contributed by atoms with Crippen LogP contribution in [0, 0.1) is 6.92 Å². The van der Waals surface area contributed by atoms with E-state index >= 15 is 0 Å². The van der Waals surface area contributed by atoms with Crippen LogP contribution in [-0.2, 0) is 4.79 Å². The number of hydrogen-bond acceptors (Lipinski definition) is 6. The van der Waals surface area contributed by atoms with E-state index in [0.717, 1.165) is 16.3 Å². The zero-order valence-corrected chi connectivity index (χ0v) is 12.9. The van der Waals surface area contributed by atoms with Gasteiger partial charge < -0.3 is 10.1 Å². The Labute approximate surface area is 129 Å². The topological polar surface area (TPSA) is 85.9 Å². The molecule has 22 heavy (non-hydrogen) atoms. The van der Waals surface area contributed by atoms with Gasteiger partial charge in [-0.1, -0.05) is 17.7 Å². The fourth-order valence-electron chi connectivity index (χ4n) is 1.88. The second-order valence-corrected chi connectivity index (χ2v) is 5.11. The minimum Gasteiger partial charge on any atom is -0.491 e. The highest BCUT2D eigenvalue weighted by Crippen LogP contribution is 2.11. The summed E-state index contributed by atoms with van der Waals surface area (Å²) in [5, 5.41) is 5.04. The van der Waals surface area contributed by atoms with Crippen LogP contribution in [-0.4, -0.2) is 48.3 Å². The molecule has 8 heteroatoms. The van der Waals surface area contributed by atoms with Crippen LogP contribution >= 0.6 is 0 Å². The number of hydrazine groups is 3. The van der Waals surface area contributed by atoms with E-state index in [1.54, 1.807) is 7.05 Å². The SMILES string of the molecule is CNN1CC(=O)N(C(=O)NC(C)COc2ccc(C)cc2)N1. The van der Waals surface area contributed by atoms with Gasteiger partial charge in [-0.3, -0.25) is 4.79 Å². The lowest BCUT2D eigenvalue weighted by atomic mass is 10.2. The third-order valence-electron chi connectivity index (χ3n) is 3.13. The van der Waals surface area contributed by atoms with Gasteiger partial charge in [-0.2, -0.15) is 10.1 Å². The van der Waals surface area contributed by atoms with Crippen LogP contribution in [0.5, 0.6) is 5.75 Å². The summed E-state index contributed by atoms with van der Waals surface area (Å²) < 4.78 is 5.59. The lowest BCUT2D eigenvalue weighted by Gasteiger charge is -2.20. The summed E-state index contributed by atoms with van der Waals surface area (Å²) >= 11 is 0. The number of ether oxygens (including phenoxy) is 1. The predicted octanol–water partition coefficient (Wildman–Crippen LogP) is 0.170. The van der Waals surface area contributed by atoms with E-state index in [2.05, 4.69) is 16.3 Å². The number of carbonyl (C=O) groups excluding carboxylic acids is 2. The molecule has 1 aliphatic heterocycles. The average Bonchev–Trinajstić information content (AvgIpc) is 2.88. The molecule has 1 saturated heterocycles. The van der Waals surface area contributed by atoms with Crippen molar-refractivity contribution >= 4 is 11.9 Å². The second kappa shape index (κ2) is 7.21. The summed E-state index contributed by atoms with van der Waals surface area (Å²) in [6, 6.07) is 6.91. The molecule has 0 bridgehead atoms. The Morgan fingerprint density at radius 3 is 2.68 bits per heavy atom. The Hall–Kier alpha value is -2.16. The molecule has 3 amide bonds. The monoisotopic (exact) mass is 307 g/mol. The van der Waals surface area contributed by atoms with E-state index in [9.17, 15) is 9.59 Å². The third kappa shape index (κ3) is 4.17. The normalized spacial score (nSPS) is 16.7. The van der Waals surface area contributed by atoms with Crippen LogP contribution in [0.3, 0.4) is 0 Å². The van der Waals surface area contributed by atoms with E-state index in [0.29, 0.717) is 6.61 Å². The van der Waals surface area contributed by atoms with Crippen molar-refractivity contribution in [1.82, 2.24) is 26.4 Å². The number of benzene rings is 1.